The Bertz CT molecular complexity index is 993. The van der Waals surface area contributed by atoms with Gasteiger partial charge in [0, 0.05) is 11.1 Å². The van der Waals surface area contributed by atoms with Crippen molar-refractivity contribution < 1.29 is 0 Å². The Hall–Kier alpha value is -1.71. The summed E-state index contributed by atoms with van der Waals surface area (Å²) in [5.41, 5.74) is 3.97. The lowest BCUT2D eigenvalue weighted by atomic mass is 9.97. The minimum Gasteiger partial charge on any atom is -0.241 e. The first kappa shape index (κ1) is 15.8. The van der Waals surface area contributed by atoms with E-state index in [2.05, 4.69) is 68.6 Å². The number of rotatable bonds is 4. The first-order valence-electron chi connectivity index (χ1n) is 8.47. The molecule has 0 saturated heterocycles. The third kappa shape index (κ3) is 2.87. The van der Waals surface area contributed by atoms with E-state index < -0.39 is 0 Å². The van der Waals surface area contributed by atoms with E-state index in [1.165, 1.54) is 36.4 Å². The zero-order chi connectivity index (χ0) is 16.7. The van der Waals surface area contributed by atoms with Crippen molar-refractivity contribution in [3.8, 4) is 0 Å². The molecule has 3 heteroatoms. The van der Waals surface area contributed by atoms with Gasteiger partial charge in [0.1, 0.15) is 0 Å². The van der Waals surface area contributed by atoms with Crippen molar-refractivity contribution in [3.05, 3.63) is 64.0 Å². The second kappa shape index (κ2) is 6.30. The average Bonchev–Trinajstić information content (AvgIpc) is 3.19. The maximum absolute atomic E-state index is 4.97. The maximum Gasteiger partial charge on any atom is 0.0944 e. The molecule has 0 fully saturated rings. The van der Waals surface area contributed by atoms with Crippen LogP contribution in [0, 0.1) is 0 Å². The Morgan fingerprint density at radius 3 is 2.71 bits per heavy atom. The highest BCUT2D eigenvalue weighted by molar-refractivity contribution is 7.18. The van der Waals surface area contributed by atoms with E-state index in [4.69, 9.17) is 4.98 Å². The molecule has 0 amide bonds. The summed E-state index contributed by atoms with van der Waals surface area (Å²) in [5.74, 6) is 0.999. The number of aromatic nitrogens is 1. The van der Waals surface area contributed by atoms with Gasteiger partial charge < -0.3 is 0 Å². The molecule has 0 saturated carbocycles. The summed E-state index contributed by atoms with van der Waals surface area (Å²) in [6, 6.07) is 15.6. The minimum absolute atomic E-state index is 0.484. The van der Waals surface area contributed by atoms with Gasteiger partial charge in [-0.3, -0.25) is 0 Å². The Kier molecular flexibility index (Phi) is 4.15. The van der Waals surface area contributed by atoms with Crippen LogP contribution < -0.4 is 0 Å². The molecule has 0 aliphatic rings. The van der Waals surface area contributed by atoms with E-state index in [1.54, 1.807) is 0 Å². The quantitative estimate of drug-likeness (QED) is 0.386. The molecule has 2 heterocycles. The van der Waals surface area contributed by atoms with Crippen molar-refractivity contribution in [2.24, 2.45) is 0 Å². The monoisotopic (exact) mass is 351 g/mol. The van der Waals surface area contributed by atoms with Crippen LogP contribution in [-0.4, -0.2) is 4.98 Å². The lowest BCUT2D eigenvalue weighted by Crippen LogP contribution is -1.98. The molecule has 1 unspecified atom stereocenters. The molecule has 122 valence electrons. The number of thiazole rings is 1. The summed E-state index contributed by atoms with van der Waals surface area (Å²) >= 11 is 3.66. The SMILES string of the molecule is CC(C)c1cccc2sc(CC(C)c3ccc4sccc4c3)nc12. The van der Waals surface area contributed by atoms with Crippen LogP contribution in [0.3, 0.4) is 0 Å². The highest BCUT2D eigenvalue weighted by Crippen LogP contribution is 2.32. The zero-order valence-electron chi connectivity index (χ0n) is 14.2. The van der Waals surface area contributed by atoms with Crippen LogP contribution in [-0.2, 0) is 6.42 Å². The number of nitrogens with zero attached hydrogens (tertiary/aromatic N) is 1. The minimum atomic E-state index is 0.484. The first-order chi connectivity index (χ1) is 11.6. The number of thiophene rings is 1. The highest BCUT2D eigenvalue weighted by atomic mass is 32.1. The van der Waals surface area contributed by atoms with Gasteiger partial charge in [0.2, 0.25) is 0 Å². The first-order valence-corrected chi connectivity index (χ1v) is 10.2. The van der Waals surface area contributed by atoms with Crippen molar-refractivity contribution in [1.29, 1.82) is 0 Å². The van der Waals surface area contributed by atoms with Crippen molar-refractivity contribution in [1.82, 2.24) is 4.98 Å². The van der Waals surface area contributed by atoms with Gasteiger partial charge in [0.25, 0.3) is 0 Å². The van der Waals surface area contributed by atoms with Gasteiger partial charge in [-0.25, -0.2) is 4.98 Å². The van der Waals surface area contributed by atoms with Gasteiger partial charge in [0.05, 0.1) is 15.2 Å². The Morgan fingerprint density at radius 2 is 1.88 bits per heavy atom. The molecule has 0 bridgehead atoms. The molecule has 0 aliphatic carbocycles. The van der Waals surface area contributed by atoms with Crippen LogP contribution in [0.25, 0.3) is 20.3 Å². The summed E-state index contributed by atoms with van der Waals surface area (Å²) in [5, 5.41) is 4.77. The van der Waals surface area contributed by atoms with Crippen LogP contribution in [0.1, 0.15) is 48.7 Å². The molecule has 2 aromatic carbocycles. The molecule has 1 atom stereocenters. The van der Waals surface area contributed by atoms with E-state index in [0.29, 0.717) is 11.8 Å². The molecule has 0 N–H and O–H groups in total. The molecule has 24 heavy (non-hydrogen) atoms. The molecule has 1 nitrogen and oxygen atoms in total. The second-order valence-corrected chi connectivity index (χ2v) is 8.84. The average molecular weight is 352 g/mol. The Balaban J connectivity index is 1.64. The lowest BCUT2D eigenvalue weighted by molar-refractivity contribution is 0.756. The summed E-state index contributed by atoms with van der Waals surface area (Å²) in [7, 11) is 0. The fourth-order valence-corrected chi connectivity index (χ4v) is 5.14. The number of fused-ring (bicyclic) bond motifs is 2. The van der Waals surface area contributed by atoms with Crippen LogP contribution in [0.15, 0.2) is 47.8 Å². The fraction of sp³-hybridized carbons (Fsp3) is 0.286. The third-order valence-corrected chi connectivity index (χ3v) is 6.58. The van der Waals surface area contributed by atoms with Crippen molar-refractivity contribution in [3.63, 3.8) is 0 Å². The van der Waals surface area contributed by atoms with Gasteiger partial charge in [-0.05, 0) is 51.9 Å². The van der Waals surface area contributed by atoms with Crippen molar-refractivity contribution in [2.45, 2.75) is 39.0 Å². The Morgan fingerprint density at radius 1 is 1.00 bits per heavy atom. The molecule has 4 aromatic rings. The van der Waals surface area contributed by atoms with Crippen molar-refractivity contribution in [2.75, 3.05) is 0 Å². The molecular formula is C21H21NS2. The largest absolute Gasteiger partial charge is 0.241 e. The standard InChI is InChI=1S/C21H21NS2/c1-13(2)17-5-4-6-19-21(17)22-20(24-19)11-14(3)15-7-8-18-16(12-15)9-10-23-18/h4-10,12-14H,11H2,1-3H3. The lowest BCUT2D eigenvalue weighted by Gasteiger charge is -2.10. The van der Waals surface area contributed by atoms with Crippen LogP contribution in [0.5, 0.6) is 0 Å². The predicted molar refractivity (Wildman–Crippen MR) is 108 cm³/mol. The van der Waals surface area contributed by atoms with Crippen LogP contribution >= 0.6 is 22.7 Å². The van der Waals surface area contributed by atoms with Crippen LogP contribution in [0.4, 0.5) is 0 Å². The fourth-order valence-electron chi connectivity index (χ4n) is 3.24. The second-order valence-electron chi connectivity index (χ2n) is 6.78. The molecule has 0 radical (unpaired) electrons. The van der Waals surface area contributed by atoms with E-state index in [-0.39, 0.29) is 0 Å². The normalized spacial score (nSPS) is 13.2. The molecular weight excluding hydrogens is 330 g/mol. The van der Waals surface area contributed by atoms with Crippen molar-refractivity contribution >= 4 is 43.0 Å². The van der Waals surface area contributed by atoms with Gasteiger partial charge in [0.15, 0.2) is 0 Å². The van der Waals surface area contributed by atoms with E-state index >= 15 is 0 Å². The predicted octanol–water partition coefficient (Wildman–Crippen LogP) is 6.98. The molecule has 0 spiro atoms. The molecule has 4 rings (SSSR count). The summed E-state index contributed by atoms with van der Waals surface area (Å²) in [4.78, 5) is 4.97. The summed E-state index contributed by atoms with van der Waals surface area (Å²) < 4.78 is 2.68. The molecule has 0 aliphatic heterocycles. The molecule has 2 aromatic heterocycles. The number of hydrogen-bond acceptors (Lipinski definition) is 3. The third-order valence-electron chi connectivity index (χ3n) is 4.64. The van der Waals surface area contributed by atoms with Gasteiger partial charge in [-0.1, -0.05) is 45.0 Å². The summed E-state index contributed by atoms with van der Waals surface area (Å²) in [6.45, 7) is 6.79. The van der Waals surface area contributed by atoms with Gasteiger partial charge >= 0.3 is 0 Å². The van der Waals surface area contributed by atoms with E-state index in [9.17, 15) is 0 Å². The Labute approximate surface area is 151 Å². The highest BCUT2D eigenvalue weighted by Gasteiger charge is 2.14. The maximum atomic E-state index is 4.97. The number of hydrogen-bond donors (Lipinski definition) is 0. The zero-order valence-corrected chi connectivity index (χ0v) is 15.9. The number of benzene rings is 2. The summed E-state index contributed by atoms with van der Waals surface area (Å²) in [6.07, 6.45) is 1.01. The van der Waals surface area contributed by atoms with Gasteiger partial charge in [-0.2, -0.15) is 0 Å². The van der Waals surface area contributed by atoms with Crippen LogP contribution in [0.2, 0.25) is 0 Å². The topological polar surface area (TPSA) is 12.9 Å². The van der Waals surface area contributed by atoms with Gasteiger partial charge in [-0.15, -0.1) is 22.7 Å². The smallest absolute Gasteiger partial charge is 0.0944 e. The number of para-hydroxylation sites is 1. The van der Waals surface area contributed by atoms with E-state index in [1.807, 2.05) is 22.7 Å². The van der Waals surface area contributed by atoms with E-state index in [0.717, 1.165) is 6.42 Å².